The minimum atomic E-state index is -0.793. The van der Waals surface area contributed by atoms with Crippen molar-refractivity contribution in [3.05, 3.63) is 35.5 Å². The van der Waals surface area contributed by atoms with Gasteiger partial charge in [-0.1, -0.05) is 59.3 Å². The summed E-state index contributed by atoms with van der Waals surface area (Å²) in [6, 6.07) is 3.94. The Kier molecular flexibility index (Phi) is 11.5. The molecule has 0 amide bonds. The number of fused-ring (bicyclic) bond motifs is 2. The van der Waals surface area contributed by atoms with Crippen molar-refractivity contribution in [1.82, 2.24) is 19.9 Å². The zero-order valence-electron chi connectivity index (χ0n) is 23.3. The van der Waals surface area contributed by atoms with Gasteiger partial charge in [-0.3, -0.25) is 0 Å². The third-order valence-electron chi connectivity index (χ3n) is 6.79. The normalized spacial score (nSPS) is 13.2. The molecule has 2 aromatic heterocycles. The Balaban J connectivity index is 2.24. The molecule has 3 rings (SSSR count). The third kappa shape index (κ3) is 6.95. The minimum Gasteiger partial charge on any atom is -0.462 e. The number of aromatic nitrogens is 4. The average molecular weight is 543 g/mol. The largest absolute Gasteiger partial charge is 0.462 e. The molecule has 10 nitrogen and oxygen atoms in total. The van der Waals surface area contributed by atoms with Crippen LogP contribution in [0.15, 0.2) is 25.0 Å². The average Bonchev–Trinajstić information content (AvgIpc) is 2.98. The van der Waals surface area contributed by atoms with Gasteiger partial charge in [-0.15, -0.1) is 0 Å². The van der Waals surface area contributed by atoms with E-state index in [1.807, 2.05) is 19.1 Å². The highest BCUT2D eigenvalue weighted by molar-refractivity contribution is 6.21. The maximum atomic E-state index is 13.2. The van der Waals surface area contributed by atoms with Crippen molar-refractivity contribution in [3.63, 3.8) is 0 Å². The van der Waals surface area contributed by atoms with Crippen LogP contribution in [0.25, 0.3) is 33.0 Å². The molecule has 0 aliphatic rings. The lowest BCUT2D eigenvalue weighted by Crippen LogP contribution is -2.26. The fraction of sp³-hybridized carbons (Fsp3) is 0.467. The van der Waals surface area contributed by atoms with E-state index in [0.29, 0.717) is 6.42 Å². The maximum absolute atomic E-state index is 13.2. The van der Waals surface area contributed by atoms with Crippen molar-refractivity contribution in [2.45, 2.75) is 72.1 Å². The molecule has 3 aromatic rings. The van der Waals surface area contributed by atoms with Gasteiger partial charge < -0.3 is 9.47 Å². The van der Waals surface area contributed by atoms with Crippen LogP contribution in [0.2, 0.25) is 0 Å². The van der Waals surface area contributed by atoms with Crippen LogP contribution in [-0.4, -0.2) is 45.1 Å². The Morgan fingerprint density at radius 1 is 0.800 bits per heavy atom. The lowest BCUT2D eigenvalue weighted by Gasteiger charge is -2.14. The predicted octanol–water partition coefficient (Wildman–Crippen LogP) is 3.80. The van der Waals surface area contributed by atoms with Crippen LogP contribution in [0, 0.1) is 28.6 Å². The van der Waals surface area contributed by atoms with Gasteiger partial charge >= 0.3 is 11.9 Å². The van der Waals surface area contributed by atoms with Gasteiger partial charge in [0, 0.05) is 33.6 Å². The highest BCUT2D eigenvalue weighted by Gasteiger charge is 2.22. The summed E-state index contributed by atoms with van der Waals surface area (Å²) < 4.78 is 11.0. The topological polar surface area (TPSA) is 152 Å². The fourth-order valence-corrected chi connectivity index (χ4v) is 4.52. The number of rotatable bonds is 13. The molecule has 0 saturated heterocycles. The number of unbranched alkanes of at least 4 members (excludes halogenated alkanes) is 4. The first kappa shape index (κ1) is 30.1. The molecular formula is C30H34N6O4. The van der Waals surface area contributed by atoms with Crippen molar-refractivity contribution >= 4 is 44.9 Å². The van der Waals surface area contributed by atoms with E-state index in [2.05, 4.69) is 33.8 Å². The molecule has 0 spiro atoms. The van der Waals surface area contributed by atoms with E-state index in [0.717, 1.165) is 44.9 Å². The Labute approximate surface area is 233 Å². The molecule has 208 valence electrons. The van der Waals surface area contributed by atoms with Crippen molar-refractivity contribution in [3.8, 4) is 12.1 Å². The highest BCUT2D eigenvalue weighted by Crippen LogP contribution is 2.16. The second-order valence-electron chi connectivity index (χ2n) is 9.51. The first-order valence-electron chi connectivity index (χ1n) is 13.8. The van der Waals surface area contributed by atoms with Gasteiger partial charge in [0.1, 0.15) is 35.9 Å². The number of carbonyl (C=O) groups is 2. The monoisotopic (exact) mass is 542 g/mol. The molecule has 1 aromatic carbocycles. The maximum Gasteiger partial charge on any atom is 0.349 e. The summed E-state index contributed by atoms with van der Waals surface area (Å²) >= 11 is 0. The SMILES string of the molecule is CCCCCCOC(=O)/C(C#N)=c1\c2cncnc2/c(=C(\C#N)C(=O)OCC(CC)CCCC)c2cncnc12. The molecule has 0 N–H and O–H groups in total. The highest BCUT2D eigenvalue weighted by atomic mass is 16.5. The van der Waals surface area contributed by atoms with Crippen molar-refractivity contribution in [2.24, 2.45) is 5.92 Å². The van der Waals surface area contributed by atoms with Crippen LogP contribution in [0.3, 0.4) is 0 Å². The number of nitrogens with zero attached hydrogens (tertiary/aromatic N) is 6. The van der Waals surface area contributed by atoms with E-state index < -0.39 is 11.9 Å². The summed E-state index contributed by atoms with van der Waals surface area (Å²) in [4.78, 5) is 43.1. The molecule has 10 heteroatoms. The summed E-state index contributed by atoms with van der Waals surface area (Å²) in [5, 5.41) is 21.0. The molecular weight excluding hydrogens is 508 g/mol. The zero-order chi connectivity index (χ0) is 28.9. The van der Waals surface area contributed by atoms with Gasteiger partial charge in [0.25, 0.3) is 0 Å². The van der Waals surface area contributed by atoms with Gasteiger partial charge in [-0.25, -0.2) is 29.5 Å². The third-order valence-corrected chi connectivity index (χ3v) is 6.79. The van der Waals surface area contributed by atoms with Crippen LogP contribution < -0.4 is 10.4 Å². The van der Waals surface area contributed by atoms with Crippen LogP contribution in [0.1, 0.15) is 72.1 Å². The van der Waals surface area contributed by atoms with E-state index in [1.165, 1.54) is 25.0 Å². The van der Waals surface area contributed by atoms with Gasteiger partial charge in [-0.05, 0) is 18.8 Å². The molecule has 0 fully saturated rings. The van der Waals surface area contributed by atoms with Gasteiger partial charge in [0.15, 0.2) is 0 Å². The second kappa shape index (κ2) is 15.2. The summed E-state index contributed by atoms with van der Waals surface area (Å²) in [6.07, 6.45) is 12.9. The Morgan fingerprint density at radius 2 is 1.35 bits per heavy atom. The fourth-order valence-electron chi connectivity index (χ4n) is 4.52. The van der Waals surface area contributed by atoms with E-state index >= 15 is 0 Å². The van der Waals surface area contributed by atoms with Crippen molar-refractivity contribution < 1.29 is 19.1 Å². The van der Waals surface area contributed by atoms with Crippen LogP contribution >= 0.6 is 0 Å². The molecule has 0 aliphatic carbocycles. The minimum absolute atomic E-state index is 0.161. The first-order valence-corrected chi connectivity index (χ1v) is 13.8. The van der Waals surface area contributed by atoms with Crippen LogP contribution in [0.5, 0.6) is 0 Å². The van der Waals surface area contributed by atoms with E-state index in [1.54, 1.807) is 0 Å². The number of hydrogen-bond acceptors (Lipinski definition) is 10. The summed E-state index contributed by atoms with van der Waals surface area (Å²) in [6.45, 7) is 6.60. The summed E-state index contributed by atoms with van der Waals surface area (Å²) in [5.41, 5.74) is -0.144. The molecule has 0 radical (unpaired) electrons. The quantitative estimate of drug-likeness (QED) is 0.177. The standard InChI is InChI=1S/C30H34N6O4/c1-4-7-9-10-12-39-29(37)21(13-31)25-23-15-33-19-36-28(23)26(24-16-34-18-35-27(24)25)22(14-32)30(38)40-17-20(6-3)11-8-5-2/h15-16,18-20H,4-12,17H2,1-3H3/b25-21+,26-22+. The Hall–Kier alpha value is -4.44. The number of nitriles is 2. The molecule has 1 atom stereocenters. The number of esters is 2. The zero-order valence-corrected chi connectivity index (χ0v) is 23.3. The summed E-state index contributed by atoms with van der Waals surface area (Å²) in [7, 11) is 0. The van der Waals surface area contributed by atoms with Crippen molar-refractivity contribution in [2.75, 3.05) is 13.2 Å². The van der Waals surface area contributed by atoms with Gasteiger partial charge in [0.05, 0.1) is 24.2 Å². The van der Waals surface area contributed by atoms with E-state index in [4.69, 9.17) is 9.47 Å². The van der Waals surface area contributed by atoms with Crippen molar-refractivity contribution in [1.29, 1.82) is 10.5 Å². The number of hydrogen-bond donors (Lipinski definition) is 0. The Morgan fingerprint density at radius 3 is 1.85 bits per heavy atom. The number of carbonyl (C=O) groups excluding carboxylic acids is 2. The molecule has 1 unspecified atom stereocenters. The van der Waals surface area contributed by atoms with E-state index in [-0.39, 0.29) is 62.5 Å². The van der Waals surface area contributed by atoms with Gasteiger partial charge in [-0.2, -0.15) is 10.5 Å². The smallest absolute Gasteiger partial charge is 0.349 e. The first-order chi connectivity index (χ1) is 19.5. The second-order valence-corrected chi connectivity index (χ2v) is 9.51. The Bertz CT molecular complexity index is 1510. The molecule has 2 heterocycles. The van der Waals surface area contributed by atoms with Gasteiger partial charge in [0.2, 0.25) is 0 Å². The molecule has 40 heavy (non-hydrogen) atoms. The molecule has 0 saturated carbocycles. The molecule has 0 aliphatic heterocycles. The predicted molar refractivity (Wildman–Crippen MR) is 149 cm³/mol. The van der Waals surface area contributed by atoms with Crippen LogP contribution in [-0.2, 0) is 19.1 Å². The molecule has 0 bridgehead atoms. The summed E-state index contributed by atoms with van der Waals surface area (Å²) in [5.74, 6) is -1.39. The van der Waals surface area contributed by atoms with Crippen LogP contribution in [0.4, 0.5) is 0 Å². The number of ether oxygens (including phenoxy) is 2. The lowest BCUT2D eigenvalue weighted by molar-refractivity contribution is -0.138. The van der Waals surface area contributed by atoms with E-state index in [9.17, 15) is 20.1 Å². The lowest BCUT2D eigenvalue weighted by atomic mass is 10.00. The number of benzene rings is 1.